The third-order valence-corrected chi connectivity index (χ3v) is 2.72. The zero-order valence-corrected chi connectivity index (χ0v) is 12.9. The summed E-state index contributed by atoms with van der Waals surface area (Å²) in [4.78, 5) is 23.1. The molecule has 0 unspecified atom stereocenters. The number of carbonyl (C=O) groups is 2. The predicted octanol–water partition coefficient (Wildman–Crippen LogP) is 0.343. The lowest BCUT2D eigenvalue weighted by molar-refractivity contribution is -0.127. The van der Waals surface area contributed by atoms with Gasteiger partial charge in [-0.1, -0.05) is 12.1 Å². The molecule has 7 nitrogen and oxygen atoms in total. The van der Waals surface area contributed by atoms with E-state index in [1.807, 2.05) is 0 Å². The molecule has 0 fully saturated rings. The van der Waals surface area contributed by atoms with E-state index in [1.165, 1.54) is 7.11 Å². The molecule has 0 aliphatic rings. The zero-order chi connectivity index (χ0) is 16.2. The molecule has 0 bridgehead atoms. The summed E-state index contributed by atoms with van der Waals surface area (Å²) in [6, 6.07) is 7.03. The number of para-hydroxylation sites is 2. The molecule has 22 heavy (non-hydrogen) atoms. The van der Waals surface area contributed by atoms with Gasteiger partial charge in [0, 0.05) is 20.3 Å². The van der Waals surface area contributed by atoms with Gasteiger partial charge in [-0.2, -0.15) is 0 Å². The van der Waals surface area contributed by atoms with Crippen molar-refractivity contribution in [3.63, 3.8) is 0 Å². The van der Waals surface area contributed by atoms with Gasteiger partial charge in [-0.05, 0) is 18.6 Å². The number of hydrogen-bond donors (Lipinski definition) is 2. The van der Waals surface area contributed by atoms with Crippen LogP contribution in [0.5, 0.6) is 11.5 Å². The smallest absolute Gasteiger partial charge is 0.258 e. The summed E-state index contributed by atoms with van der Waals surface area (Å²) in [5.74, 6) is 0.398. The van der Waals surface area contributed by atoms with E-state index in [0.29, 0.717) is 24.7 Å². The molecule has 0 saturated heterocycles. The third kappa shape index (κ3) is 6.94. The molecule has 122 valence electrons. The number of nitrogens with one attached hydrogen (secondary N) is 2. The van der Waals surface area contributed by atoms with Crippen LogP contribution in [0.1, 0.15) is 6.42 Å². The minimum Gasteiger partial charge on any atom is -0.493 e. The predicted molar refractivity (Wildman–Crippen MR) is 81.0 cm³/mol. The number of amides is 2. The van der Waals surface area contributed by atoms with Crippen molar-refractivity contribution in [1.82, 2.24) is 10.6 Å². The second-order valence-electron chi connectivity index (χ2n) is 4.41. The lowest BCUT2D eigenvalue weighted by Gasteiger charge is -2.10. The lowest BCUT2D eigenvalue weighted by Crippen LogP contribution is -2.39. The van der Waals surface area contributed by atoms with Gasteiger partial charge < -0.3 is 24.8 Å². The summed E-state index contributed by atoms with van der Waals surface area (Å²) in [5, 5.41) is 5.15. The first-order valence-corrected chi connectivity index (χ1v) is 6.95. The van der Waals surface area contributed by atoms with Gasteiger partial charge >= 0.3 is 0 Å². The third-order valence-electron chi connectivity index (χ3n) is 2.72. The summed E-state index contributed by atoms with van der Waals surface area (Å²) in [5.41, 5.74) is 0. The Bertz CT molecular complexity index is 479. The minimum atomic E-state index is -0.377. The van der Waals surface area contributed by atoms with Gasteiger partial charge in [0.15, 0.2) is 18.1 Å². The zero-order valence-electron chi connectivity index (χ0n) is 12.9. The minimum absolute atomic E-state index is 0.0822. The number of carbonyl (C=O) groups excluding carboxylic acids is 2. The van der Waals surface area contributed by atoms with Crippen molar-refractivity contribution >= 4 is 11.8 Å². The summed E-state index contributed by atoms with van der Waals surface area (Å²) < 4.78 is 15.3. The Balaban J connectivity index is 2.22. The van der Waals surface area contributed by atoms with Crippen LogP contribution < -0.4 is 20.1 Å². The maximum Gasteiger partial charge on any atom is 0.258 e. The van der Waals surface area contributed by atoms with Crippen LogP contribution in [-0.4, -0.2) is 52.3 Å². The molecule has 0 heterocycles. The number of methoxy groups -OCH3 is 2. The Hall–Kier alpha value is -2.28. The highest BCUT2D eigenvalue weighted by molar-refractivity contribution is 5.85. The molecule has 2 N–H and O–H groups in total. The molecule has 0 aromatic heterocycles. The first-order chi connectivity index (χ1) is 10.7. The molecule has 0 radical (unpaired) electrons. The molecule has 0 spiro atoms. The molecule has 1 rings (SSSR count). The highest BCUT2D eigenvalue weighted by Gasteiger charge is 2.08. The monoisotopic (exact) mass is 310 g/mol. The summed E-state index contributed by atoms with van der Waals surface area (Å²) >= 11 is 0. The molecule has 0 atom stereocenters. The molecule has 0 aliphatic heterocycles. The van der Waals surface area contributed by atoms with Crippen molar-refractivity contribution in [2.45, 2.75) is 6.42 Å². The molecule has 2 amide bonds. The Morgan fingerprint density at radius 1 is 1.05 bits per heavy atom. The maximum absolute atomic E-state index is 11.6. The second kappa shape index (κ2) is 10.4. The van der Waals surface area contributed by atoms with Gasteiger partial charge in [0.25, 0.3) is 5.91 Å². The molecular formula is C15H22N2O5. The van der Waals surface area contributed by atoms with Crippen molar-refractivity contribution in [2.75, 3.05) is 40.5 Å². The van der Waals surface area contributed by atoms with Crippen molar-refractivity contribution in [1.29, 1.82) is 0 Å². The molecule has 0 saturated carbocycles. The molecular weight excluding hydrogens is 288 g/mol. The molecule has 0 aliphatic carbocycles. The van der Waals surface area contributed by atoms with Crippen molar-refractivity contribution in [3.8, 4) is 11.5 Å². The fourth-order valence-electron chi connectivity index (χ4n) is 1.62. The van der Waals surface area contributed by atoms with E-state index in [4.69, 9.17) is 14.2 Å². The van der Waals surface area contributed by atoms with E-state index >= 15 is 0 Å². The number of ether oxygens (including phenoxy) is 3. The van der Waals surface area contributed by atoms with Gasteiger partial charge in [0.2, 0.25) is 5.91 Å². The van der Waals surface area contributed by atoms with Gasteiger partial charge in [-0.25, -0.2) is 0 Å². The maximum atomic E-state index is 11.6. The average Bonchev–Trinajstić information content (AvgIpc) is 2.55. The highest BCUT2D eigenvalue weighted by Crippen LogP contribution is 2.25. The SMILES string of the molecule is COCCCNC(=O)CNC(=O)COc1ccccc1OC. The molecule has 1 aromatic rings. The van der Waals surface area contributed by atoms with Crippen LogP contribution in [0.3, 0.4) is 0 Å². The lowest BCUT2D eigenvalue weighted by atomic mass is 10.3. The van der Waals surface area contributed by atoms with Gasteiger partial charge in [-0.15, -0.1) is 0 Å². The van der Waals surface area contributed by atoms with Crippen molar-refractivity contribution in [2.24, 2.45) is 0 Å². The van der Waals surface area contributed by atoms with Crippen LogP contribution >= 0.6 is 0 Å². The quantitative estimate of drug-likeness (QED) is 0.609. The number of rotatable bonds is 10. The van der Waals surface area contributed by atoms with E-state index in [0.717, 1.165) is 6.42 Å². The highest BCUT2D eigenvalue weighted by atomic mass is 16.5. The van der Waals surface area contributed by atoms with Crippen LogP contribution in [0.4, 0.5) is 0 Å². The van der Waals surface area contributed by atoms with Crippen molar-refractivity contribution < 1.29 is 23.8 Å². The Morgan fingerprint density at radius 2 is 1.77 bits per heavy atom. The van der Waals surface area contributed by atoms with Gasteiger partial charge in [0.1, 0.15) is 0 Å². The van der Waals surface area contributed by atoms with E-state index < -0.39 is 0 Å². The average molecular weight is 310 g/mol. The first-order valence-electron chi connectivity index (χ1n) is 6.95. The number of hydrogen-bond acceptors (Lipinski definition) is 5. The number of benzene rings is 1. The van der Waals surface area contributed by atoms with E-state index in [2.05, 4.69) is 10.6 Å². The van der Waals surface area contributed by atoms with Crippen LogP contribution in [0, 0.1) is 0 Å². The first kappa shape index (κ1) is 17.8. The van der Waals surface area contributed by atoms with E-state index in [9.17, 15) is 9.59 Å². The van der Waals surface area contributed by atoms with Crippen molar-refractivity contribution in [3.05, 3.63) is 24.3 Å². The summed E-state index contributed by atoms with van der Waals surface area (Å²) in [6.45, 7) is 0.831. The van der Waals surface area contributed by atoms with E-state index in [-0.39, 0.29) is 25.0 Å². The fourth-order valence-corrected chi connectivity index (χ4v) is 1.62. The Labute approximate surface area is 129 Å². The summed E-state index contributed by atoms with van der Waals surface area (Å²) in [6.07, 6.45) is 0.729. The van der Waals surface area contributed by atoms with Gasteiger partial charge in [-0.3, -0.25) is 9.59 Å². The van der Waals surface area contributed by atoms with Crippen LogP contribution in [0.15, 0.2) is 24.3 Å². The second-order valence-corrected chi connectivity index (χ2v) is 4.41. The standard InChI is InChI=1S/C15H22N2O5/c1-20-9-5-8-16-14(18)10-17-15(19)11-22-13-7-4-3-6-12(13)21-2/h3-4,6-7H,5,8-11H2,1-2H3,(H,16,18)(H,17,19). The largest absolute Gasteiger partial charge is 0.493 e. The van der Waals surface area contributed by atoms with Crippen LogP contribution in [0.25, 0.3) is 0 Å². The summed E-state index contributed by atoms with van der Waals surface area (Å²) in [7, 11) is 3.12. The van der Waals surface area contributed by atoms with Crippen LogP contribution in [0.2, 0.25) is 0 Å². The fraction of sp³-hybridized carbons (Fsp3) is 0.467. The molecule has 7 heteroatoms. The topological polar surface area (TPSA) is 85.9 Å². The van der Waals surface area contributed by atoms with Gasteiger partial charge in [0.05, 0.1) is 13.7 Å². The normalized spacial score (nSPS) is 9.91. The Morgan fingerprint density at radius 3 is 2.45 bits per heavy atom. The van der Waals surface area contributed by atoms with Crippen LogP contribution in [-0.2, 0) is 14.3 Å². The Kier molecular flexibility index (Phi) is 8.44. The van der Waals surface area contributed by atoms with E-state index in [1.54, 1.807) is 31.4 Å². The molecule has 1 aromatic carbocycles.